The Hall–Kier alpha value is -3.87. The minimum Gasteiger partial charge on any atom is -0.318 e. The number of aryl methyl sites for hydroxylation is 2. The third-order valence-electron chi connectivity index (χ3n) is 4.83. The normalized spacial score (nSPS) is 13.7. The maximum absolute atomic E-state index is 12.7. The van der Waals surface area contributed by atoms with Crippen LogP contribution in [0, 0.1) is 13.8 Å². The fourth-order valence-electron chi connectivity index (χ4n) is 3.18. The Kier molecular flexibility index (Phi) is 5.34. The highest BCUT2D eigenvalue weighted by atomic mass is 16.2. The van der Waals surface area contributed by atoms with Gasteiger partial charge in [0.15, 0.2) is 5.82 Å². The number of hydrazone groups is 1. The van der Waals surface area contributed by atoms with Gasteiger partial charge in [0.1, 0.15) is 5.71 Å². The number of amides is 2. The van der Waals surface area contributed by atoms with Gasteiger partial charge in [-0.25, -0.2) is 15.0 Å². The molecule has 0 aliphatic carbocycles. The minimum atomic E-state index is -0.367. The first kappa shape index (κ1) is 19.4. The van der Waals surface area contributed by atoms with Gasteiger partial charge in [0, 0.05) is 18.4 Å². The zero-order valence-corrected chi connectivity index (χ0v) is 16.8. The fourth-order valence-corrected chi connectivity index (χ4v) is 3.18. The van der Waals surface area contributed by atoms with Crippen molar-refractivity contribution in [3.63, 3.8) is 0 Å². The smallest absolute Gasteiger partial charge is 0.271 e. The van der Waals surface area contributed by atoms with Crippen LogP contribution >= 0.6 is 0 Å². The summed E-state index contributed by atoms with van der Waals surface area (Å²) >= 11 is 0. The van der Waals surface area contributed by atoms with E-state index in [2.05, 4.69) is 20.4 Å². The van der Waals surface area contributed by atoms with Gasteiger partial charge in [0.05, 0.1) is 23.8 Å². The van der Waals surface area contributed by atoms with Crippen LogP contribution in [0.5, 0.6) is 0 Å². The number of nitrogens with one attached hydrogen (secondary N) is 1. The van der Waals surface area contributed by atoms with E-state index in [9.17, 15) is 9.59 Å². The molecular weight excluding hydrogens is 378 g/mol. The summed E-state index contributed by atoms with van der Waals surface area (Å²) in [5.74, 6) is 0.0833. The Morgan fingerprint density at radius 1 is 1.00 bits per heavy atom. The van der Waals surface area contributed by atoms with Crippen LogP contribution in [0.25, 0.3) is 11.4 Å². The van der Waals surface area contributed by atoms with Crippen molar-refractivity contribution in [1.82, 2.24) is 9.97 Å². The summed E-state index contributed by atoms with van der Waals surface area (Å²) in [6.45, 7) is 3.87. The Morgan fingerprint density at radius 2 is 1.73 bits per heavy atom. The second kappa shape index (κ2) is 8.24. The monoisotopic (exact) mass is 399 g/mol. The molecule has 7 nitrogen and oxygen atoms in total. The summed E-state index contributed by atoms with van der Waals surface area (Å²) in [6.07, 6.45) is 3.63. The lowest BCUT2D eigenvalue weighted by Gasteiger charge is -2.24. The van der Waals surface area contributed by atoms with E-state index in [4.69, 9.17) is 0 Å². The molecule has 2 aromatic carbocycles. The Labute approximate surface area is 174 Å². The Balaban J connectivity index is 1.53. The molecule has 0 radical (unpaired) electrons. The second-order valence-electron chi connectivity index (χ2n) is 7.16. The van der Waals surface area contributed by atoms with Gasteiger partial charge in [-0.15, -0.1) is 0 Å². The average Bonchev–Trinajstić information content (AvgIpc) is 2.77. The number of hydrogen-bond acceptors (Lipinski definition) is 5. The second-order valence-corrected chi connectivity index (χ2v) is 7.16. The number of hydrogen-bond donors (Lipinski definition) is 1. The molecule has 1 aliphatic rings. The molecule has 2 amide bonds. The number of rotatable bonds is 4. The predicted molar refractivity (Wildman–Crippen MR) is 116 cm³/mol. The van der Waals surface area contributed by atoms with Gasteiger partial charge in [-0.3, -0.25) is 9.59 Å². The van der Waals surface area contributed by atoms with Gasteiger partial charge in [-0.05, 0) is 31.0 Å². The molecule has 30 heavy (non-hydrogen) atoms. The van der Waals surface area contributed by atoms with Crippen LogP contribution in [-0.2, 0) is 9.59 Å². The Morgan fingerprint density at radius 3 is 2.47 bits per heavy atom. The van der Waals surface area contributed by atoms with Crippen LogP contribution in [0.15, 0.2) is 66.0 Å². The first-order valence-corrected chi connectivity index (χ1v) is 9.68. The lowest BCUT2D eigenvalue weighted by atomic mass is 10.1. The molecule has 150 valence electrons. The molecule has 3 aromatic rings. The predicted octanol–water partition coefficient (Wildman–Crippen LogP) is 3.88. The van der Waals surface area contributed by atoms with Crippen molar-refractivity contribution < 1.29 is 9.59 Å². The van der Waals surface area contributed by atoms with Crippen molar-refractivity contribution in [1.29, 1.82) is 0 Å². The Bertz CT molecular complexity index is 1120. The van der Waals surface area contributed by atoms with E-state index in [1.165, 1.54) is 5.01 Å². The first-order valence-electron chi connectivity index (χ1n) is 9.68. The van der Waals surface area contributed by atoms with E-state index in [1.807, 2.05) is 62.4 Å². The van der Waals surface area contributed by atoms with E-state index >= 15 is 0 Å². The van der Waals surface area contributed by atoms with Gasteiger partial charge < -0.3 is 5.32 Å². The van der Waals surface area contributed by atoms with Gasteiger partial charge >= 0.3 is 0 Å². The number of aromatic nitrogens is 2. The van der Waals surface area contributed by atoms with Crippen molar-refractivity contribution >= 4 is 28.9 Å². The van der Waals surface area contributed by atoms with Crippen molar-refractivity contribution in [3.8, 4) is 11.4 Å². The van der Waals surface area contributed by atoms with Gasteiger partial charge in [0.25, 0.3) is 5.91 Å². The topological polar surface area (TPSA) is 87.6 Å². The van der Waals surface area contributed by atoms with Crippen molar-refractivity contribution in [2.45, 2.75) is 26.7 Å². The lowest BCUT2D eigenvalue weighted by Crippen LogP contribution is -2.36. The molecule has 7 heteroatoms. The molecule has 0 spiro atoms. The van der Waals surface area contributed by atoms with Crippen LogP contribution in [0.4, 0.5) is 11.4 Å². The maximum atomic E-state index is 12.7. The van der Waals surface area contributed by atoms with E-state index in [1.54, 1.807) is 12.4 Å². The van der Waals surface area contributed by atoms with Gasteiger partial charge in [-0.1, -0.05) is 42.5 Å². The quantitative estimate of drug-likeness (QED) is 0.721. The van der Waals surface area contributed by atoms with Gasteiger partial charge in [0.2, 0.25) is 5.91 Å². The minimum absolute atomic E-state index is 0.129. The third-order valence-corrected chi connectivity index (χ3v) is 4.83. The first-order chi connectivity index (χ1) is 14.5. The SMILES string of the molecule is Cc1ccc(C)c(N2N=C(C(=O)Nc3cnc(-c4ccccc4)nc3)CCC2=O)c1. The van der Waals surface area contributed by atoms with Crippen molar-refractivity contribution in [3.05, 3.63) is 72.1 Å². The van der Waals surface area contributed by atoms with E-state index < -0.39 is 0 Å². The molecule has 4 rings (SSSR count). The molecule has 0 saturated carbocycles. The number of carbonyl (C=O) groups is 2. The fraction of sp³-hybridized carbons (Fsp3) is 0.174. The molecule has 2 heterocycles. The van der Waals surface area contributed by atoms with Crippen LogP contribution in [0.2, 0.25) is 0 Å². The molecular formula is C23H21N5O2. The molecule has 1 N–H and O–H groups in total. The van der Waals surface area contributed by atoms with E-state index in [0.29, 0.717) is 22.9 Å². The van der Waals surface area contributed by atoms with Crippen molar-refractivity contribution in [2.75, 3.05) is 10.3 Å². The molecule has 0 saturated heterocycles. The molecule has 1 aliphatic heterocycles. The molecule has 0 atom stereocenters. The summed E-state index contributed by atoms with van der Waals surface area (Å²) in [4.78, 5) is 33.8. The van der Waals surface area contributed by atoms with Crippen molar-refractivity contribution in [2.24, 2.45) is 5.10 Å². The number of nitrogens with zero attached hydrogens (tertiary/aromatic N) is 4. The number of carbonyl (C=O) groups excluding carboxylic acids is 2. The zero-order chi connectivity index (χ0) is 21.1. The van der Waals surface area contributed by atoms with Crippen LogP contribution in [0.3, 0.4) is 0 Å². The highest BCUT2D eigenvalue weighted by Crippen LogP contribution is 2.25. The molecule has 0 unspecified atom stereocenters. The van der Waals surface area contributed by atoms with E-state index in [-0.39, 0.29) is 24.7 Å². The average molecular weight is 399 g/mol. The summed E-state index contributed by atoms with van der Waals surface area (Å²) in [7, 11) is 0. The van der Waals surface area contributed by atoms with Crippen LogP contribution in [0.1, 0.15) is 24.0 Å². The summed E-state index contributed by atoms with van der Waals surface area (Å²) in [5.41, 5.74) is 4.30. The maximum Gasteiger partial charge on any atom is 0.271 e. The van der Waals surface area contributed by atoms with E-state index in [0.717, 1.165) is 16.7 Å². The number of anilines is 2. The largest absolute Gasteiger partial charge is 0.318 e. The molecule has 1 aromatic heterocycles. The highest BCUT2D eigenvalue weighted by Gasteiger charge is 2.26. The zero-order valence-electron chi connectivity index (χ0n) is 16.8. The third kappa shape index (κ3) is 4.10. The van der Waals surface area contributed by atoms with Crippen LogP contribution < -0.4 is 10.3 Å². The van der Waals surface area contributed by atoms with Gasteiger partial charge in [-0.2, -0.15) is 5.10 Å². The highest BCUT2D eigenvalue weighted by molar-refractivity contribution is 6.44. The lowest BCUT2D eigenvalue weighted by molar-refractivity contribution is -0.118. The molecule has 0 bridgehead atoms. The molecule has 0 fully saturated rings. The summed E-state index contributed by atoms with van der Waals surface area (Å²) in [6, 6.07) is 15.4. The summed E-state index contributed by atoms with van der Waals surface area (Å²) in [5, 5.41) is 8.44. The standard InChI is InChI=1S/C23H21N5O2/c1-15-8-9-16(2)20(12-15)28-21(29)11-10-19(27-28)23(30)26-18-13-24-22(25-14-18)17-6-4-3-5-7-17/h3-9,12-14H,10-11H2,1-2H3,(H,26,30). The van der Waals surface area contributed by atoms with Crippen LogP contribution in [-0.4, -0.2) is 27.5 Å². The number of benzene rings is 2. The summed E-state index contributed by atoms with van der Waals surface area (Å²) < 4.78 is 0.